The van der Waals surface area contributed by atoms with Crippen molar-refractivity contribution in [2.75, 3.05) is 62.7 Å². The minimum Gasteiger partial charge on any atom is -0.463 e. The number of rotatable bonds is 8. The van der Waals surface area contributed by atoms with Crippen molar-refractivity contribution in [3.8, 4) is 17.8 Å². The van der Waals surface area contributed by atoms with Gasteiger partial charge in [-0.2, -0.15) is 15.2 Å². The van der Waals surface area contributed by atoms with Crippen LogP contribution in [-0.4, -0.2) is 90.6 Å². The van der Waals surface area contributed by atoms with Crippen LogP contribution in [0.3, 0.4) is 0 Å². The topological polar surface area (TPSA) is 115 Å². The molecule has 6 rings (SSSR count). The summed E-state index contributed by atoms with van der Waals surface area (Å²) >= 11 is 0. The lowest BCUT2D eigenvalue weighted by atomic mass is 9.97. The number of aromatic nitrogens is 2. The number of nitrogens with zero attached hydrogens (tertiary/aromatic N) is 7. The molecule has 2 atom stereocenters. The second kappa shape index (κ2) is 13.8. The number of esters is 1. The predicted octanol–water partition coefficient (Wildman–Crippen LogP) is 4.59. The lowest BCUT2D eigenvalue weighted by molar-refractivity contribution is -0.143. The van der Waals surface area contributed by atoms with E-state index in [1.54, 1.807) is 4.90 Å². The molecule has 2 saturated heterocycles. The molecule has 1 amide bonds. The molecule has 1 aromatic heterocycles. The molecular formula is C37H45N7O4. The summed E-state index contributed by atoms with van der Waals surface area (Å²) in [7, 11) is 2.12. The molecule has 0 bridgehead atoms. The average molecular weight is 652 g/mol. The Morgan fingerprint density at radius 2 is 1.90 bits per heavy atom. The van der Waals surface area contributed by atoms with Gasteiger partial charge in [0, 0.05) is 61.3 Å². The second-order valence-corrected chi connectivity index (χ2v) is 14.2. The van der Waals surface area contributed by atoms with E-state index in [9.17, 15) is 14.9 Å². The number of nitriles is 1. The van der Waals surface area contributed by atoms with E-state index >= 15 is 0 Å². The molecule has 3 aliphatic heterocycles. The highest BCUT2D eigenvalue weighted by Gasteiger charge is 2.34. The number of hydrogen-bond acceptors (Lipinski definition) is 10. The number of hydrogen-bond donors (Lipinski definition) is 0. The number of carbonyl (C=O) groups excluding carboxylic acids is 2. The highest BCUT2D eigenvalue weighted by Crippen LogP contribution is 2.38. The zero-order chi connectivity index (χ0) is 34.0. The standard InChI is InChI=1S/C37H45N7O4/c1-6-33(45)44-18-17-43(22-27(44)11-14-38)34-30-13-16-42(23-31(30)39-36(40-34)47-24-25-12-15-41(5)21-25)32-20-28(48-35(46)37(2,3)4)19-26-9-7-8-10-29(26)32/h6-10,19-20,25,27H,1,11-13,15-18,21-24H2,2-5H3/t25-,27?/m1/s1. The molecule has 0 spiro atoms. The SMILES string of the molecule is C=CC(=O)N1CCN(c2nc(OC[C@@H]3CCN(C)C3)nc3c2CCN(c2cc(OC(=O)C(C)(C)C)cc4ccccc24)C3)CC1CC#N. The molecule has 0 saturated carbocycles. The second-order valence-electron chi connectivity index (χ2n) is 14.2. The Morgan fingerprint density at radius 3 is 2.62 bits per heavy atom. The fraction of sp³-hybridized carbons (Fsp3) is 0.486. The van der Waals surface area contributed by atoms with Crippen LogP contribution in [-0.2, 0) is 22.6 Å². The largest absolute Gasteiger partial charge is 0.463 e. The molecule has 3 aromatic rings. The summed E-state index contributed by atoms with van der Waals surface area (Å²) in [4.78, 5) is 43.9. The lowest BCUT2D eigenvalue weighted by Gasteiger charge is -2.42. The minimum absolute atomic E-state index is 0.163. The minimum atomic E-state index is -0.635. The van der Waals surface area contributed by atoms with Gasteiger partial charge in [0.1, 0.15) is 11.6 Å². The van der Waals surface area contributed by atoms with E-state index < -0.39 is 5.41 Å². The zero-order valence-electron chi connectivity index (χ0n) is 28.4. The first kappa shape index (κ1) is 33.2. The average Bonchev–Trinajstić information content (AvgIpc) is 3.50. The molecule has 4 heterocycles. The van der Waals surface area contributed by atoms with Crippen molar-refractivity contribution in [2.24, 2.45) is 11.3 Å². The first-order chi connectivity index (χ1) is 23.0. The van der Waals surface area contributed by atoms with Crippen LogP contribution in [0.4, 0.5) is 11.5 Å². The molecule has 252 valence electrons. The Kier molecular flexibility index (Phi) is 9.56. The number of piperazine rings is 1. The molecule has 2 fully saturated rings. The van der Waals surface area contributed by atoms with Crippen molar-refractivity contribution in [1.82, 2.24) is 19.8 Å². The van der Waals surface area contributed by atoms with Crippen molar-refractivity contribution >= 4 is 34.2 Å². The molecule has 2 aromatic carbocycles. The number of amides is 1. The molecule has 0 radical (unpaired) electrons. The smallest absolute Gasteiger partial charge is 0.318 e. The van der Waals surface area contributed by atoms with Crippen molar-refractivity contribution in [2.45, 2.75) is 52.6 Å². The molecule has 11 nitrogen and oxygen atoms in total. The summed E-state index contributed by atoms with van der Waals surface area (Å²) in [5.74, 6) is 1.28. The predicted molar refractivity (Wildman–Crippen MR) is 185 cm³/mol. The molecule has 3 aliphatic rings. The van der Waals surface area contributed by atoms with Gasteiger partial charge in [0.2, 0.25) is 5.91 Å². The highest BCUT2D eigenvalue weighted by atomic mass is 16.5. The van der Waals surface area contributed by atoms with E-state index in [0.717, 1.165) is 53.0 Å². The van der Waals surface area contributed by atoms with E-state index in [4.69, 9.17) is 19.4 Å². The van der Waals surface area contributed by atoms with Gasteiger partial charge in [-0.15, -0.1) is 0 Å². The molecule has 48 heavy (non-hydrogen) atoms. The summed E-state index contributed by atoms with van der Waals surface area (Å²) in [6.07, 6.45) is 3.29. The maximum atomic E-state index is 12.8. The van der Waals surface area contributed by atoms with Crippen molar-refractivity contribution in [3.05, 3.63) is 60.3 Å². The summed E-state index contributed by atoms with van der Waals surface area (Å²) < 4.78 is 12.2. The molecule has 0 aliphatic carbocycles. The van der Waals surface area contributed by atoms with Gasteiger partial charge in [-0.25, -0.2) is 0 Å². The van der Waals surface area contributed by atoms with Gasteiger partial charge in [-0.05, 0) is 64.7 Å². The molecule has 1 unspecified atom stereocenters. The molecule has 0 N–H and O–H groups in total. The van der Waals surface area contributed by atoms with E-state index in [-0.39, 0.29) is 24.3 Å². The fourth-order valence-electron chi connectivity index (χ4n) is 6.85. The number of anilines is 2. The Morgan fingerprint density at radius 1 is 1.08 bits per heavy atom. The van der Waals surface area contributed by atoms with Crippen LogP contribution in [0.15, 0.2) is 49.1 Å². The van der Waals surface area contributed by atoms with Gasteiger partial charge < -0.3 is 29.1 Å². The van der Waals surface area contributed by atoms with Crippen LogP contribution < -0.4 is 19.3 Å². The summed E-state index contributed by atoms with van der Waals surface area (Å²) in [6.45, 7) is 14.5. The highest BCUT2D eigenvalue weighted by molar-refractivity contribution is 5.96. The maximum Gasteiger partial charge on any atom is 0.318 e. The van der Waals surface area contributed by atoms with Crippen molar-refractivity contribution < 1.29 is 19.1 Å². The Hall–Kier alpha value is -4.69. The third-order valence-corrected chi connectivity index (χ3v) is 9.50. The fourth-order valence-corrected chi connectivity index (χ4v) is 6.85. The first-order valence-electron chi connectivity index (χ1n) is 16.8. The Labute approximate surface area is 282 Å². The van der Waals surface area contributed by atoms with Gasteiger partial charge in [-0.3, -0.25) is 9.59 Å². The summed E-state index contributed by atoms with van der Waals surface area (Å²) in [5, 5.41) is 11.6. The number of benzene rings is 2. The maximum absolute atomic E-state index is 12.8. The van der Waals surface area contributed by atoms with E-state index in [2.05, 4.69) is 40.5 Å². The van der Waals surface area contributed by atoms with Gasteiger partial charge in [0.05, 0.1) is 42.8 Å². The quantitative estimate of drug-likeness (QED) is 0.195. The van der Waals surface area contributed by atoms with Gasteiger partial charge in [0.25, 0.3) is 0 Å². The zero-order valence-corrected chi connectivity index (χ0v) is 28.4. The van der Waals surface area contributed by atoms with Crippen molar-refractivity contribution in [1.29, 1.82) is 5.26 Å². The van der Waals surface area contributed by atoms with Crippen LogP contribution >= 0.6 is 0 Å². The number of ether oxygens (including phenoxy) is 2. The molecular weight excluding hydrogens is 606 g/mol. The Bertz CT molecular complexity index is 1750. The Balaban J connectivity index is 1.34. The number of fused-ring (bicyclic) bond motifs is 2. The summed E-state index contributed by atoms with van der Waals surface area (Å²) in [5.41, 5.74) is 2.27. The van der Waals surface area contributed by atoms with E-state index in [1.807, 2.05) is 51.1 Å². The van der Waals surface area contributed by atoms with E-state index in [1.165, 1.54) is 6.08 Å². The lowest BCUT2D eigenvalue weighted by Crippen LogP contribution is -2.55. The van der Waals surface area contributed by atoms with E-state index in [0.29, 0.717) is 63.4 Å². The summed E-state index contributed by atoms with van der Waals surface area (Å²) in [6, 6.07) is 14.3. The van der Waals surface area contributed by atoms with Crippen LogP contribution in [0.1, 0.15) is 44.9 Å². The third kappa shape index (κ3) is 7.09. The van der Waals surface area contributed by atoms with Crippen LogP contribution in [0.5, 0.6) is 11.8 Å². The van der Waals surface area contributed by atoms with Gasteiger partial charge >= 0.3 is 12.0 Å². The number of carbonyl (C=O) groups is 2. The van der Waals surface area contributed by atoms with Crippen molar-refractivity contribution in [3.63, 3.8) is 0 Å². The number of likely N-dealkylation sites (tertiary alicyclic amines) is 1. The van der Waals surface area contributed by atoms with Crippen LogP contribution in [0.25, 0.3) is 10.8 Å². The van der Waals surface area contributed by atoms with Crippen LogP contribution in [0.2, 0.25) is 0 Å². The van der Waals surface area contributed by atoms with Gasteiger partial charge in [-0.1, -0.05) is 30.8 Å². The van der Waals surface area contributed by atoms with Crippen LogP contribution in [0, 0.1) is 22.7 Å². The first-order valence-corrected chi connectivity index (χ1v) is 16.8. The normalized spacial score (nSPS) is 19.9. The third-order valence-electron chi connectivity index (χ3n) is 9.50. The van der Waals surface area contributed by atoms with Gasteiger partial charge in [0.15, 0.2) is 0 Å². The molecule has 11 heteroatoms. The monoisotopic (exact) mass is 651 g/mol.